The molecule has 10 aromatic rings. The van der Waals surface area contributed by atoms with Crippen molar-refractivity contribution < 1.29 is 0 Å². The molecule has 0 aromatic heterocycles. The van der Waals surface area contributed by atoms with Gasteiger partial charge in [0.15, 0.2) is 0 Å². The van der Waals surface area contributed by atoms with E-state index in [4.69, 9.17) is 0 Å². The molecule has 0 heteroatoms. The highest BCUT2D eigenvalue weighted by molar-refractivity contribution is 6.22. The highest BCUT2D eigenvalue weighted by Gasteiger charge is 2.35. The fourth-order valence-electron chi connectivity index (χ4n) is 9.60. The lowest BCUT2D eigenvalue weighted by Gasteiger charge is -2.22. The Balaban J connectivity index is 1.15. The van der Waals surface area contributed by atoms with Crippen LogP contribution in [0.1, 0.15) is 25.0 Å². The molecular weight excluding hydrogens is 661 g/mol. The second-order valence-corrected chi connectivity index (χ2v) is 15.6. The van der Waals surface area contributed by atoms with Crippen LogP contribution in [0.4, 0.5) is 0 Å². The Morgan fingerprint density at radius 3 is 1.60 bits per heavy atom. The number of fused-ring (bicyclic) bond motifs is 8. The Labute approximate surface area is 322 Å². The van der Waals surface area contributed by atoms with Crippen molar-refractivity contribution in [2.45, 2.75) is 19.3 Å². The molecule has 0 bridgehead atoms. The Morgan fingerprint density at radius 1 is 0.273 bits per heavy atom. The summed E-state index contributed by atoms with van der Waals surface area (Å²) in [5.74, 6) is 0. The maximum atomic E-state index is 2.46. The van der Waals surface area contributed by atoms with Gasteiger partial charge in [0.1, 0.15) is 0 Å². The van der Waals surface area contributed by atoms with E-state index in [2.05, 4.69) is 208 Å². The molecule has 0 saturated carbocycles. The Morgan fingerprint density at radius 2 is 0.818 bits per heavy atom. The summed E-state index contributed by atoms with van der Waals surface area (Å²) in [6, 6.07) is 72.2. The van der Waals surface area contributed by atoms with Crippen LogP contribution in [0.5, 0.6) is 0 Å². The van der Waals surface area contributed by atoms with E-state index in [9.17, 15) is 0 Å². The van der Waals surface area contributed by atoms with Gasteiger partial charge in [-0.25, -0.2) is 0 Å². The summed E-state index contributed by atoms with van der Waals surface area (Å²) in [6.07, 6.45) is 0. The molecule has 0 N–H and O–H groups in total. The molecule has 258 valence electrons. The van der Waals surface area contributed by atoms with Crippen LogP contribution >= 0.6 is 0 Å². The van der Waals surface area contributed by atoms with Gasteiger partial charge in [0.2, 0.25) is 0 Å². The average Bonchev–Trinajstić information content (AvgIpc) is 3.48. The normalized spacial score (nSPS) is 13.1. The second kappa shape index (κ2) is 12.1. The molecule has 0 heterocycles. The number of benzene rings is 10. The predicted molar refractivity (Wildman–Crippen MR) is 236 cm³/mol. The first kappa shape index (κ1) is 31.7. The largest absolute Gasteiger partial charge is 0.0622 e. The summed E-state index contributed by atoms with van der Waals surface area (Å²) in [5, 5.41) is 10.2. The van der Waals surface area contributed by atoms with E-state index in [1.54, 1.807) is 0 Å². The van der Waals surface area contributed by atoms with Gasteiger partial charge in [-0.15, -0.1) is 0 Å². The van der Waals surface area contributed by atoms with Crippen LogP contribution in [-0.4, -0.2) is 0 Å². The third kappa shape index (κ3) is 4.85. The molecule has 0 atom stereocenters. The van der Waals surface area contributed by atoms with Crippen molar-refractivity contribution in [2.75, 3.05) is 0 Å². The van der Waals surface area contributed by atoms with Crippen molar-refractivity contribution in [1.82, 2.24) is 0 Å². The van der Waals surface area contributed by atoms with Gasteiger partial charge in [-0.3, -0.25) is 0 Å². The highest BCUT2D eigenvalue weighted by atomic mass is 14.4. The fraction of sp³-hybridized carbons (Fsp3) is 0.0545. The monoisotopic (exact) mass is 698 g/mol. The molecule has 0 amide bonds. The Kier molecular flexibility index (Phi) is 7.00. The third-order valence-corrected chi connectivity index (χ3v) is 12.3. The molecule has 55 heavy (non-hydrogen) atoms. The Bertz CT molecular complexity index is 3140. The van der Waals surface area contributed by atoms with Gasteiger partial charge in [0.05, 0.1) is 0 Å². The minimum absolute atomic E-state index is 0.0375. The third-order valence-electron chi connectivity index (χ3n) is 12.3. The number of hydrogen-bond acceptors (Lipinski definition) is 0. The van der Waals surface area contributed by atoms with Crippen LogP contribution < -0.4 is 0 Å². The summed E-state index contributed by atoms with van der Waals surface area (Å²) < 4.78 is 0. The first-order valence-corrected chi connectivity index (χ1v) is 19.3. The smallest absolute Gasteiger partial charge is 0.0158 e. The zero-order chi connectivity index (χ0) is 36.7. The van der Waals surface area contributed by atoms with E-state index in [0.29, 0.717) is 0 Å². The average molecular weight is 699 g/mol. The summed E-state index contributed by atoms with van der Waals surface area (Å²) in [5.41, 5.74) is 15.4. The lowest BCUT2D eigenvalue weighted by Crippen LogP contribution is -2.14. The van der Waals surface area contributed by atoms with Crippen molar-refractivity contribution >= 4 is 43.1 Å². The summed E-state index contributed by atoms with van der Waals surface area (Å²) in [6.45, 7) is 4.72. The molecule has 0 fully saturated rings. The van der Waals surface area contributed by atoms with E-state index < -0.39 is 0 Å². The Hall–Kier alpha value is -6.76. The maximum absolute atomic E-state index is 2.46. The van der Waals surface area contributed by atoms with Crippen LogP contribution in [0.25, 0.3) is 98.7 Å². The topological polar surface area (TPSA) is 0 Å². The first-order chi connectivity index (χ1) is 27.0. The lowest BCUT2D eigenvalue weighted by atomic mass is 9.81. The molecule has 0 spiro atoms. The van der Waals surface area contributed by atoms with E-state index in [0.717, 1.165) is 0 Å². The van der Waals surface area contributed by atoms with Crippen molar-refractivity contribution in [3.05, 3.63) is 205 Å². The number of hydrogen-bond donors (Lipinski definition) is 0. The van der Waals surface area contributed by atoms with E-state index >= 15 is 0 Å². The molecule has 0 nitrogen and oxygen atoms in total. The van der Waals surface area contributed by atoms with Gasteiger partial charge in [-0.05, 0) is 128 Å². The van der Waals surface area contributed by atoms with Gasteiger partial charge in [0.25, 0.3) is 0 Å². The van der Waals surface area contributed by atoms with Crippen LogP contribution in [0, 0.1) is 0 Å². The van der Waals surface area contributed by atoms with Crippen LogP contribution in [0.3, 0.4) is 0 Å². The quantitative estimate of drug-likeness (QED) is 0.127. The summed E-state index contributed by atoms with van der Waals surface area (Å²) in [4.78, 5) is 0. The molecule has 1 aliphatic carbocycles. The molecule has 0 radical (unpaired) electrons. The molecule has 0 aliphatic heterocycles. The van der Waals surface area contributed by atoms with Crippen molar-refractivity contribution in [2.24, 2.45) is 0 Å². The summed E-state index contributed by atoms with van der Waals surface area (Å²) in [7, 11) is 0. The molecule has 1 aliphatic rings. The SMILES string of the molecule is CC1(C)c2ccccc2-c2cc(-c3c4ccccc4c(-c4ccc(-c5cc6ccccc6c6ccccc56)cc4)c4ccc(-c5ccccc5)cc34)ccc21. The van der Waals surface area contributed by atoms with Gasteiger partial charge in [0, 0.05) is 5.41 Å². The molecule has 10 aromatic carbocycles. The first-order valence-electron chi connectivity index (χ1n) is 19.3. The lowest BCUT2D eigenvalue weighted by molar-refractivity contribution is 0.660. The predicted octanol–water partition coefficient (Wildman–Crippen LogP) is 15.3. The molecular formula is C55H38. The zero-order valence-corrected chi connectivity index (χ0v) is 31.0. The zero-order valence-electron chi connectivity index (χ0n) is 31.0. The van der Waals surface area contributed by atoms with Crippen molar-refractivity contribution in [1.29, 1.82) is 0 Å². The van der Waals surface area contributed by atoms with Crippen LogP contribution in [0.15, 0.2) is 194 Å². The standard InChI is InChI=1S/C55H38/c1-55(2)51-23-13-12-20-44(51)49-34-40(29-31-52(49)55)54-46-22-11-10-21-45(46)53(47-30-28-38(32-50(47)54)35-14-4-3-5-15-35)37-26-24-36(25-27-37)48-33-39-16-6-7-17-41(39)42-18-8-9-19-43(42)48/h3-34H,1-2H3. The summed E-state index contributed by atoms with van der Waals surface area (Å²) >= 11 is 0. The van der Waals surface area contributed by atoms with Crippen molar-refractivity contribution in [3.63, 3.8) is 0 Å². The molecule has 0 saturated heterocycles. The van der Waals surface area contributed by atoms with Gasteiger partial charge >= 0.3 is 0 Å². The highest BCUT2D eigenvalue weighted by Crippen LogP contribution is 2.51. The van der Waals surface area contributed by atoms with Crippen LogP contribution in [0.2, 0.25) is 0 Å². The van der Waals surface area contributed by atoms with E-state index in [1.807, 2.05) is 0 Å². The van der Waals surface area contributed by atoms with Gasteiger partial charge in [-0.1, -0.05) is 190 Å². The second-order valence-electron chi connectivity index (χ2n) is 15.6. The van der Waals surface area contributed by atoms with Gasteiger partial charge in [-0.2, -0.15) is 0 Å². The maximum Gasteiger partial charge on any atom is 0.0158 e. The molecule has 0 unspecified atom stereocenters. The fourth-order valence-corrected chi connectivity index (χ4v) is 9.60. The van der Waals surface area contributed by atoms with E-state index in [1.165, 1.54) is 110 Å². The minimum atomic E-state index is -0.0375. The van der Waals surface area contributed by atoms with Crippen molar-refractivity contribution in [3.8, 4) is 55.6 Å². The van der Waals surface area contributed by atoms with E-state index in [-0.39, 0.29) is 5.41 Å². The van der Waals surface area contributed by atoms with Gasteiger partial charge < -0.3 is 0 Å². The van der Waals surface area contributed by atoms with Crippen LogP contribution in [-0.2, 0) is 5.41 Å². The number of rotatable bonds is 4. The minimum Gasteiger partial charge on any atom is -0.0622 e. The molecule has 11 rings (SSSR count).